The second-order valence-corrected chi connectivity index (χ2v) is 6.17. The number of benzene rings is 2. The number of nitrogens with zero attached hydrogens (tertiary/aromatic N) is 1. The van der Waals surface area contributed by atoms with Gasteiger partial charge in [0.2, 0.25) is 0 Å². The first-order chi connectivity index (χ1) is 12.4. The Morgan fingerprint density at radius 1 is 1.27 bits per heavy atom. The maximum absolute atomic E-state index is 11.8. The van der Waals surface area contributed by atoms with Gasteiger partial charge in [-0.05, 0) is 36.8 Å². The van der Waals surface area contributed by atoms with Crippen molar-refractivity contribution in [3.63, 3.8) is 0 Å². The zero-order valence-electron chi connectivity index (χ0n) is 14.1. The molecule has 0 aliphatic rings. The maximum atomic E-state index is 11.8. The standard InChI is InChI=1S/C17H17BrN3O5/c1-11-3-5-16(14(7-11)21(23)24)26-10-17(22)20-19-9-12-8-13(18)4-6-15(12)25-2/h3-9,21H,10H2,1-2H3,(H,20,22)/q-1/b19-9+. The Hall–Kier alpha value is -2.46. The Morgan fingerprint density at radius 3 is 2.69 bits per heavy atom. The van der Waals surface area contributed by atoms with Crippen LogP contribution in [0.15, 0.2) is 46.0 Å². The highest BCUT2D eigenvalue weighted by molar-refractivity contribution is 9.10. The van der Waals surface area contributed by atoms with Crippen molar-refractivity contribution in [3.8, 4) is 11.5 Å². The van der Waals surface area contributed by atoms with E-state index >= 15 is 0 Å². The Balaban J connectivity index is 1.95. The summed E-state index contributed by atoms with van der Waals surface area (Å²) in [5.74, 6) is 0.115. The molecule has 2 rings (SSSR count). The summed E-state index contributed by atoms with van der Waals surface area (Å²) in [7, 11) is 1.53. The number of hydrazone groups is 1. The molecule has 1 amide bonds. The molecular formula is C17H17BrN3O5-. The van der Waals surface area contributed by atoms with Crippen molar-refractivity contribution in [3.05, 3.63) is 62.4 Å². The summed E-state index contributed by atoms with van der Waals surface area (Å²) in [5, 5.41) is 24.7. The van der Waals surface area contributed by atoms with Gasteiger partial charge >= 0.3 is 0 Å². The molecule has 0 aliphatic carbocycles. The number of rotatable bonds is 7. The number of nitrogens with one attached hydrogen (secondary N) is 2. The molecule has 0 aliphatic heterocycles. The number of quaternary nitrogens is 1. The highest BCUT2D eigenvalue weighted by Crippen LogP contribution is 2.22. The normalized spacial score (nSPS) is 11.0. The first kappa shape index (κ1) is 19.9. The average Bonchev–Trinajstić information content (AvgIpc) is 2.60. The van der Waals surface area contributed by atoms with Crippen LogP contribution in [0, 0.1) is 17.3 Å². The lowest BCUT2D eigenvalue weighted by molar-refractivity contribution is -0.715. The van der Waals surface area contributed by atoms with Crippen LogP contribution in [-0.4, -0.2) is 25.8 Å². The van der Waals surface area contributed by atoms with Gasteiger partial charge in [-0.25, -0.2) is 5.43 Å². The van der Waals surface area contributed by atoms with Crippen LogP contribution < -0.4 is 20.1 Å². The number of ether oxygens (including phenoxy) is 2. The first-order valence-corrected chi connectivity index (χ1v) is 8.30. The van der Waals surface area contributed by atoms with Crippen LogP contribution in [-0.2, 0) is 4.79 Å². The van der Waals surface area contributed by atoms with Gasteiger partial charge in [0.1, 0.15) is 5.75 Å². The van der Waals surface area contributed by atoms with Crippen molar-refractivity contribution in [2.45, 2.75) is 6.92 Å². The van der Waals surface area contributed by atoms with Crippen molar-refractivity contribution in [1.29, 1.82) is 0 Å². The molecule has 0 bridgehead atoms. The molecule has 0 aromatic heterocycles. The number of hydrogen-bond donors (Lipinski definition) is 2. The van der Waals surface area contributed by atoms with E-state index in [9.17, 15) is 15.2 Å². The van der Waals surface area contributed by atoms with E-state index in [1.54, 1.807) is 25.1 Å². The van der Waals surface area contributed by atoms with E-state index in [0.29, 0.717) is 11.3 Å². The second kappa shape index (κ2) is 9.30. The van der Waals surface area contributed by atoms with Crippen molar-refractivity contribution < 1.29 is 19.5 Å². The predicted octanol–water partition coefficient (Wildman–Crippen LogP) is 1.81. The lowest BCUT2D eigenvalue weighted by Gasteiger charge is -2.26. The molecule has 138 valence electrons. The third kappa shape index (κ3) is 5.53. The molecule has 0 atom stereocenters. The topological polar surface area (TPSA) is 110 Å². The summed E-state index contributed by atoms with van der Waals surface area (Å²) in [4.78, 5) is 11.8. The van der Waals surface area contributed by atoms with Crippen LogP contribution in [0.2, 0.25) is 0 Å². The minimum absolute atomic E-state index is 0.0587. The molecule has 2 aromatic rings. The van der Waals surface area contributed by atoms with Gasteiger partial charge in [0, 0.05) is 16.1 Å². The fraction of sp³-hybridized carbons (Fsp3) is 0.176. The third-order valence-electron chi connectivity index (χ3n) is 3.30. The summed E-state index contributed by atoms with van der Waals surface area (Å²) < 4.78 is 11.3. The number of carbonyl (C=O) groups is 1. The molecule has 0 radical (unpaired) electrons. The summed E-state index contributed by atoms with van der Waals surface area (Å²) in [6, 6.07) is 9.93. The van der Waals surface area contributed by atoms with Gasteiger partial charge in [0.05, 0.1) is 13.3 Å². The van der Waals surface area contributed by atoms with Gasteiger partial charge in [0.15, 0.2) is 18.0 Å². The van der Waals surface area contributed by atoms with E-state index in [2.05, 4.69) is 26.5 Å². The maximum Gasteiger partial charge on any atom is 0.277 e. The molecule has 2 N–H and O–H groups in total. The number of amides is 1. The molecule has 9 heteroatoms. The van der Waals surface area contributed by atoms with Crippen LogP contribution >= 0.6 is 15.9 Å². The van der Waals surface area contributed by atoms with E-state index in [1.165, 1.54) is 25.5 Å². The van der Waals surface area contributed by atoms with Crippen LogP contribution in [0.25, 0.3) is 0 Å². The number of carbonyl (C=O) groups excluding carboxylic acids is 1. The van der Waals surface area contributed by atoms with Gasteiger partial charge in [-0.15, -0.1) is 0 Å². The Kier molecular flexibility index (Phi) is 7.10. The summed E-state index contributed by atoms with van der Waals surface area (Å²) in [5.41, 5.74) is 3.60. The van der Waals surface area contributed by atoms with Gasteiger partial charge in [-0.2, -0.15) is 5.10 Å². The highest BCUT2D eigenvalue weighted by atomic mass is 79.9. The van der Waals surface area contributed by atoms with Gasteiger partial charge in [-0.1, -0.05) is 22.0 Å². The van der Waals surface area contributed by atoms with E-state index in [4.69, 9.17) is 9.47 Å². The van der Waals surface area contributed by atoms with Crippen molar-refractivity contribution in [2.75, 3.05) is 13.7 Å². The summed E-state index contributed by atoms with van der Waals surface area (Å²) in [6.45, 7) is 1.35. The molecule has 8 nitrogen and oxygen atoms in total. The van der Waals surface area contributed by atoms with E-state index in [-0.39, 0.29) is 11.4 Å². The molecule has 0 saturated heterocycles. The molecule has 0 spiro atoms. The molecular weight excluding hydrogens is 406 g/mol. The predicted molar refractivity (Wildman–Crippen MR) is 100 cm³/mol. The fourth-order valence-electron chi connectivity index (χ4n) is 2.08. The van der Waals surface area contributed by atoms with Crippen LogP contribution in [0.4, 0.5) is 5.69 Å². The monoisotopic (exact) mass is 422 g/mol. The highest BCUT2D eigenvalue weighted by Gasteiger charge is 2.09. The average molecular weight is 423 g/mol. The lowest BCUT2D eigenvalue weighted by Crippen LogP contribution is -2.96. The van der Waals surface area contributed by atoms with Crippen LogP contribution in [0.1, 0.15) is 11.1 Å². The quantitative estimate of drug-likeness (QED) is 0.522. The first-order valence-electron chi connectivity index (χ1n) is 7.51. The molecule has 0 saturated carbocycles. The SMILES string of the molecule is COc1ccc(Br)cc1/C=N/NC(=O)COc1ccc(C)cc1[NH+]([O-])[O-]. The summed E-state index contributed by atoms with van der Waals surface area (Å²) >= 11 is 3.34. The zero-order valence-corrected chi connectivity index (χ0v) is 15.7. The molecule has 0 fully saturated rings. The Bertz CT molecular complexity index is 811. The lowest BCUT2D eigenvalue weighted by atomic mass is 10.2. The molecule has 26 heavy (non-hydrogen) atoms. The largest absolute Gasteiger partial charge is 0.628 e. The minimum Gasteiger partial charge on any atom is -0.628 e. The third-order valence-corrected chi connectivity index (χ3v) is 3.79. The smallest absolute Gasteiger partial charge is 0.277 e. The summed E-state index contributed by atoms with van der Waals surface area (Å²) in [6.07, 6.45) is 1.43. The van der Waals surface area contributed by atoms with Crippen LogP contribution in [0.3, 0.4) is 0 Å². The van der Waals surface area contributed by atoms with Crippen molar-refractivity contribution in [2.24, 2.45) is 5.10 Å². The van der Waals surface area contributed by atoms with Gasteiger partial charge < -0.3 is 25.1 Å². The molecule has 0 unspecified atom stereocenters. The number of halogens is 1. The number of hydrogen-bond acceptors (Lipinski definition) is 6. The number of aryl methyl sites for hydroxylation is 1. The van der Waals surface area contributed by atoms with E-state index in [0.717, 1.165) is 10.0 Å². The molecule has 2 aromatic carbocycles. The van der Waals surface area contributed by atoms with Crippen molar-refractivity contribution >= 4 is 33.7 Å². The van der Waals surface area contributed by atoms with E-state index in [1.807, 2.05) is 6.07 Å². The Morgan fingerprint density at radius 2 is 2.00 bits per heavy atom. The zero-order chi connectivity index (χ0) is 19.1. The van der Waals surface area contributed by atoms with Crippen LogP contribution in [0.5, 0.6) is 11.5 Å². The second-order valence-electron chi connectivity index (χ2n) is 5.26. The fourth-order valence-corrected chi connectivity index (χ4v) is 2.46. The van der Waals surface area contributed by atoms with Gasteiger partial charge in [-0.3, -0.25) is 4.79 Å². The minimum atomic E-state index is -1.37. The Labute approximate surface area is 158 Å². The van der Waals surface area contributed by atoms with Gasteiger partial charge in [0.25, 0.3) is 5.91 Å². The van der Waals surface area contributed by atoms with E-state index < -0.39 is 17.7 Å². The van der Waals surface area contributed by atoms with Crippen molar-refractivity contribution in [1.82, 2.24) is 5.43 Å². The molecule has 0 heterocycles. The number of methoxy groups -OCH3 is 1.